The third kappa shape index (κ3) is 3.26. The largest absolute Gasteiger partial charge is 0.374 e. The lowest BCUT2D eigenvalue weighted by Gasteiger charge is -2.31. The molecule has 0 amide bonds. The van der Waals surface area contributed by atoms with Crippen molar-refractivity contribution in [1.82, 2.24) is 0 Å². The Balaban J connectivity index is 0.000000337. The van der Waals surface area contributed by atoms with Crippen molar-refractivity contribution >= 4 is 5.69 Å². The van der Waals surface area contributed by atoms with E-state index in [1.165, 1.54) is 30.6 Å². The monoisotopic (exact) mass is 205 g/mol. The zero-order valence-corrected chi connectivity index (χ0v) is 10.5. The fourth-order valence-corrected chi connectivity index (χ4v) is 2.06. The lowest BCUT2D eigenvalue weighted by Crippen LogP contribution is -2.30. The van der Waals surface area contributed by atoms with Crippen LogP contribution in [0.2, 0.25) is 0 Å². The van der Waals surface area contributed by atoms with Gasteiger partial charge in [-0.2, -0.15) is 0 Å². The van der Waals surface area contributed by atoms with Crippen molar-refractivity contribution in [2.24, 2.45) is 5.92 Å². The summed E-state index contributed by atoms with van der Waals surface area (Å²) < 4.78 is 0. The molecule has 1 aromatic rings. The van der Waals surface area contributed by atoms with Gasteiger partial charge in [0.1, 0.15) is 0 Å². The molecule has 84 valence electrons. The quantitative estimate of drug-likeness (QED) is 0.624. The first-order valence-corrected chi connectivity index (χ1v) is 5.98. The molecule has 0 saturated heterocycles. The van der Waals surface area contributed by atoms with Gasteiger partial charge in [0.2, 0.25) is 0 Å². The molecular weight excluding hydrogens is 182 g/mol. The van der Waals surface area contributed by atoms with Crippen LogP contribution in [0.4, 0.5) is 5.69 Å². The molecule has 0 N–H and O–H groups in total. The second kappa shape index (κ2) is 5.79. The number of hydrogen-bond acceptors (Lipinski definition) is 1. The second-order valence-corrected chi connectivity index (χ2v) is 4.53. The molecule has 0 radical (unpaired) electrons. The Hall–Kier alpha value is -0.980. The van der Waals surface area contributed by atoms with Crippen LogP contribution in [0.15, 0.2) is 24.3 Å². The fourth-order valence-electron chi connectivity index (χ4n) is 2.06. The molecule has 2 rings (SSSR count). The van der Waals surface area contributed by atoms with Gasteiger partial charge < -0.3 is 4.90 Å². The lowest BCUT2D eigenvalue weighted by atomic mass is 9.94. The van der Waals surface area contributed by atoms with Crippen molar-refractivity contribution in [3.05, 3.63) is 29.8 Å². The Morgan fingerprint density at radius 3 is 2.53 bits per heavy atom. The molecule has 0 bridgehead atoms. The minimum absolute atomic E-state index is 0.796. The van der Waals surface area contributed by atoms with E-state index in [9.17, 15) is 0 Å². The highest BCUT2D eigenvalue weighted by atomic mass is 15.1. The molecule has 0 spiro atoms. The Kier molecular flexibility index (Phi) is 4.67. The molecule has 0 saturated carbocycles. The van der Waals surface area contributed by atoms with Crippen LogP contribution >= 0.6 is 0 Å². The maximum atomic E-state index is 2.35. The molecule has 1 aliphatic heterocycles. The van der Waals surface area contributed by atoms with Crippen molar-refractivity contribution in [3.8, 4) is 0 Å². The molecular formula is C14H23N. The van der Waals surface area contributed by atoms with Crippen LogP contribution in [0, 0.1) is 5.92 Å². The summed E-state index contributed by atoms with van der Waals surface area (Å²) in [5.74, 6) is 0.796. The standard InChI is InChI=1S/C11H15N.C3H8/c1-9-7-10-5-3-4-6-11(10)12(2)8-9;1-3-2/h3-6,9H,7-8H2,1-2H3;3H2,1-2H3. The Labute approximate surface area is 94.1 Å². The Morgan fingerprint density at radius 1 is 1.27 bits per heavy atom. The van der Waals surface area contributed by atoms with Gasteiger partial charge in [0.25, 0.3) is 0 Å². The normalized spacial score (nSPS) is 18.9. The number of benzene rings is 1. The summed E-state index contributed by atoms with van der Waals surface area (Å²) in [6.45, 7) is 7.75. The van der Waals surface area contributed by atoms with E-state index in [2.05, 4.69) is 57.0 Å². The van der Waals surface area contributed by atoms with Gasteiger partial charge in [-0.1, -0.05) is 45.4 Å². The summed E-state index contributed by atoms with van der Waals surface area (Å²) in [4.78, 5) is 2.35. The lowest BCUT2D eigenvalue weighted by molar-refractivity contribution is 0.552. The molecule has 1 atom stereocenters. The summed E-state index contributed by atoms with van der Waals surface area (Å²) in [5.41, 5.74) is 2.91. The van der Waals surface area contributed by atoms with Crippen molar-refractivity contribution in [2.45, 2.75) is 33.6 Å². The zero-order chi connectivity index (χ0) is 11.3. The molecule has 0 aromatic heterocycles. The predicted molar refractivity (Wildman–Crippen MR) is 68.5 cm³/mol. The van der Waals surface area contributed by atoms with Crippen LogP contribution in [0.1, 0.15) is 32.8 Å². The van der Waals surface area contributed by atoms with E-state index >= 15 is 0 Å². The van der Waals surface area contributed by atoms with Crippen molar-refractivity contribution in [2.75, 3.05) is 18.5 Å². The van der Waals surface area contributed by atoms with Gasteiger partial charge in [0, 0.05) is 19.3 Å². The summed E-state index contributed by atoms with van der Waals surface area (Å²) >= 11 is 0. The molecule has 0 aliphatic carbocycles. The van der Waals surface area contributed by atoms with Gasteiger partial charge in [0.15, 0.2) is 0 Å². The smallest absolute Gasteiger partial charge is 0.0396 e. The first-order chi connectivity index (χ1) is 7.19. The number of anilines is 1. The number of nitrogens with zero attached hydrogens (tertiary/aromatic N) is 1. The third-order valence-electron chi connectivity index (χ3n) is 2.56. The van der Waals surface area contributed by atoms with Crippen LogP contribution in [-0.2, 0) is 6.42 Å². The highest BCUT2D eigenvalue weighted by Gasteiger charge is 2.17. The van der Waals surface area contributed by atoms with E-state index in [1.807, 2.05) is 0 Å². The van der Waals surface area contributed by atoms with Crippen molar-refractivity contribution in [1.29, 1.82) is 0 Å². The first kappa shape index (κ1) is 12.1. The van der Waals surface area contributed by atoms with Crippen molar-refractivity contribution in [3.63, 3.8) is 0 Å². The summed E-state index contributed by atoms with van der Waals surface area (Å²) in [5, 5.41) is 0. The maximum Gasteiger partial charge on any atom is 0.0396 e. The predicted octanol–water partition coefficient (Wildman–Crippen LogP) is 3.73. The average molecular weight is 205 g/mol. The first-order valence-electron chi connectivity index (χ1n) is 5.98. The van der Waals surface area contributed by atoms with E-state index in [0.29, 0.717) is 0 Å². The molecule has 1 aliphatic rings. The molecule has 0 fully saturated rings. The van der Waals surface area contributed by atoms with Crippen LogP contribution in [0.3, 0.4) is 0 Å². The van der Waals surface area contributed by atoms with Crippen LogP contribution in [0.5, 0.6) is 0 Å². The number of para-hydroxylation sites is 1. The van der Waals surface area contributed by atoms with Gasteiger partial charge in [0.05, 0.1) is 0 Å². The molecule has 1 nitrogen and oxygen atoms in total. The van der Waals surface area contributed by atoms with Gasteiger partial charge in [-0.25, -0.2) is 0 Å². The zero-order valence-electron chi connectivity index (χ0n) is 10.5. The molecule has 1 heterocycles. The Morgan fingerprint density at radius 2 is 1.87 bits per heavy atom. The van der Waals surface area contributed by atoms with E-state index in [-0.39, 0.29) is 0 Å². The van der Waals surface area contributed by atoms with Gasteiger partial charge in [-0.3, -0.25) is 0 Å². The second-order valence-electron chi connectivity index (χ2n) is 4.53. The van der Waals surface area contributed by atoms with E-state index in [1.54, 1.807) is 0 Å². The minimum Gasteiger partial charge on any atom is -0.374 e. The summed E-state index contributed by atoms with van der Waals surface area (Å²) in [6, 6.07) is 8.69. The number of hydrogen-bond donors (Lipinski definition) is 0. The molecule has 1 unspecified atom stereocenters. The summed E-state index contributed by atoms with van der Waals surface area (Å²) in [6.07, 6.45) is 2.49. The SMILES string of the molecule is CC1Cc2ccccc2N(C)C1.CCC. The fraction of sp³-hybridized carbons (Fsp3) is 0.571. The molecule has 1 aromatic carbocycles. The highest BCUT2D eigenvalue weighted by Crippen LogP contribution is 2.27. The third-order valence-corrected chi connectivity index (χ3v) is 2.56. The average Bonchev–Trinajstić information content (AvgIpc) is 2.18. The van der Waals surface area contributed by atoms with Gasteiger partial charge >= 0.3 is 0 Å². The van der Waals surface area contributed by atoms with Crippen LogP contribution in [0.25, 0.3) is 0 Å². The van der Waals surface area contributed by atoms with E-state index in [4.69, 9.17) is 0 Å². The summed E-state index contributed by atoms with van der Waals surface area (Å²) in [7, 11) is 2.18. The topological polar surface area (TPSA) is 3.24 Å². The molecule has 15 heavy (non-hydrogen) atoms. The molecule has 1 heteroatoms. The Bertz CT molecular complexity index is 293. The highest BCUT2D eigenvalue weighted by molar-refractivity contribution is 5.54. The minimum atomic E-state index is 0.796. The van der Waals surface area contributed by atoms with Crippen LogP contribution in [-0.4, -0.2) is 13.6 Å². The van der Waals surface area contributed by atoms with E-state index < -0.39 is 0 Å². The van der Waals surface area contributed by atoms with Crippen LogP contribution < -0.4 is 4.90 Å². The number of rotatable bonds is 0. The van der Waals surface area contributed by atoms with Gasteiger partial charge in [-0.05, 0) is 24.0 Å². The maximum absolute atomic E-state index is 2.35. The van der Waals surface area contributed by atoms with Crippen molar-refractivity contribution < 1.29 is 0 Å². The number of fused-ring (bicyclic) bond motifs is 1. The van der Waals surface area contributed by atoms with E-state index in [0.717, 1.165) is 5.92 Å². The van der Waals surface area contributed by atoms with Gasteiger partial charge in [-0.15, -0.1) is 0 Å².